The Bertz CT molecular complexity index is 241. The first-order valence-electron chi connectivity index (χ1n) is 4.38. The Morgan fingerprint density at radius 3 is 2.75 bits per heavy atom. The third-order valence-electron chi connectivity index (χ3n) is 2.00. The van der Waals surface area contributed by atoms with Crippen LogP contribution in [-0.4, -0.2) is 15.0 Å². The highest BCUT2D eigenvalue weighted by Gasteiger charge is 2.04. The van der Waals surface area contributed by atoms with Crippen LogP contribution < -0.4 is 5.73 Å². The zero-order valence-corrected chi connectivity index (χ0v) is 7.75. The number of rotatable bonds is 4. The van der Waals surface area contributed by atoms with Crippen LogP contribution in [0.15, 0.2) is 0 Å². The molecule has 0 bridgehead atoms. The molecule has 0 unspecified atom stereocenters. The lowest BCUT2D eigenvalue weighted by Gasteiger charge is -2.00. The van der Waals surface area contributed by atoms with Crippen LogP contribution in [0.2, 0.25) is 0 Å². The normalized spacial score (nSPS) is 10.6. The van der Waals surface area contributed by atoms with Gasteiger partial charge in [0.2, 0.25) is 0 Å². The molecule has 68 valence electrons. The number of hydrogen-bond donors (Lipinski definition) is 1. The number of nitrogens with zero attached hydrogens (tertiary/aromatic N) is 3. The van der Waals surface area contributed by atoms with Gasteiger partial charge in [-0.2, -0.15) is 0 Å². The Kier molecular flexibility index (Phi) is 3.22. The maximum absolute atomic E-state index is 5.48. The van der Waals surface area contributed by atoms with Gasteiger partial charge in [0.1, 0.15) is 0 Å². The summed E-state index contributed by atoms with van der Waals surface area (Å²) in [5.41, 5.74) is 7.49. The second-order valence-electron chi connectivity index (χ2n) is 2.90. The van der Waals surface area contributed by atoms with Crippen molar-refractivity contribution in [1.82, 2.24) is 15.0 Å². The van der Waals surface area contributed by atoms with E-state index in [2.05, 4.69) is 17.2 Å². The van der Waals surface area contributed by atoms with Gasteiger partial charge in [-0.1, -0.05) is 18.6 Å². The van der Waals surface area contributed by atoms with Crippen molar-refractivity contribution in [3.63, 3.8) is 0 Å². The predicted molar refractivity (Wildman–Crippen MR) is 47.6 cm³/mol. The summed E-state index contributed by atoms with van der Waals surface area (Å²) in [6, 6.07) is 0. The summed E-state index contributed by atoms with van der Waals surface area (Å²) in [7, 11) is 0. The van der Waals surface area contributed by atoms with Gasteiger partial charge in [0.25, 0.3) is 0 Å². The maximum Gasteiger partial charge on any atom is 0.0991 e. The Morgan fingerprint density at radius 1 is 1.50 bits per heavy atom. The van der Waals surface area contributed by atoms with E-state index in [-0.39, 0.29) is 0 Å². The molecule has 0 saturated carbocycles. The van der Waals surface area contributed by atoms with E-state index < -0.39 is 0 Å². The molecule has 4 heteroatoms. The van der Waals surface area contributed by atoms with Crippen molar-refractivity contribution in [3.05, 3.63) is 11.4 Å². The van der Waals surface area contributed by atoms with Gasteiger partial charge in [0.15, 0.2) is 0 Å². The van der Waals surface area contributed by atoms with E-state index in [1.165, 1.54) is 6.42 Å². The van der Waals surface area contributed by atoms with Gasteiger partial charge >= 0.3 is 0 Å². The van der Waals surface area contributed by atoms with Crippen LogP contribution in [0, 0.1) is 6.92 Å². The third kappa shape index (κ3) is 1.82. The lowest BCUT2D eigenvalue weighted by atomic mass is 10.3. The van der Waals surface area contributed by atoms with Crippen LogP contribution in [0.4, 0.5) is 0 Å². The SMILES string of the molecule is CCCCn1nnc(CN)c1C. The summed E-state index contributed by atoms with van der Waals surface area (Å²) in [4.78, 5) is 0. The van der Waals surface area contributed by atoms with E-state index in [0.29, 0.717) is 6.54 Å². The summed E-state index contributed by atoms with van der Waals surface area (Å²) in [5, 5.41) is 7.99. The van der Waals surface area contributed by atoms with Gasteiger partial charge in [0.05, 0.1) is 11.4 Å². The van der Waals surface area contributed by atoms with Gasteiger partial charge in [-0.05, 0) is 13.3 Å². The van der Waals surface area contributed by atoms with Crippen molar-refractivity contribution in [2.75, 3.05) is 0 Å². The molecule has 1 aromatic rings. The Labute approximate surface area is 72.8 Å². The van der Waals surface area contributed by atoms with E-state index in [9.17, 15) is 0 Å². The third-order valence-corrected chi connectivity index (χ3v) is 2.00. The molecule has 4 nitrogen and oxygen atoms in total. The molecule has 12 heavy (non-hydrogen) atoms. The van der Waals surface area contributed by atoms with Gasteiger partial charge in [-0.15, -0.1) is 5.10 Å². The minimum atomic E-state index is 0.484. The number of aromatic nitrogens is 3. The molecule has 0 saturated heterocycles. The van der Waals surface area contributed by atoms with Crippen molar-refractivity contribution in [2.45, 2.75) is 39.8 Å². The topological polar surface area (TPSA) is 56.7 Å². The van der Waals surface area contributed by atoms with Crippen LogP contribution in [-0.2, 0) is 13.1 Å². The van der Waals surface area contributed by atoms with Crippen molar-refractivity contribution in [2.24, 2.45) is 5.73 Å². The molecule has 0 amide bonds. The van der Waals surface area contributed by atoms with E-state index >= 15 is 0 Å². The number of aryl methyl sites for hydroxylation is 1. The molecular formula is C8H16N4. The maximum atomic E-state index is 5.48. The molecule has 0 aromatic carbocycles. The molecule has 1 heterocycles. The molecule has 0 atom stereocenters. The number of hydrogen-bond acceptors (Lipinski definition) is 3. The molecule has 0 radical (unpaired) electrons. The summed E-state index contributed by atoms with van der Waals surface area (Å²) >= 11 is 0. The standard InChI is InChI=1S/C8H16N4/c1-3-4-5-12-7(2)8(6-9)10-11-12/h3-6,9H2,1-2H3. The van der Waals surface area contributed by atoms with E-state index in [4.69, 9.17) is 5.73 Å². The summed E-state index contributed by atoms with van der Waals surface area (Å²) < 4.78 is 1.92. The van der Waals surface area contributed by atoms with Crippen LogP contribution >= 0.6 is 0 Å². The highest BCUT2D eigenvalue weighted by Crippen LogP contribution is 2.03. The molecular weight excluding hydrogens is 152 g/mol. The average Bonchev–Trinajstić information content (AvgIpc) is 2.43. The van der Waals surface area contributed by atoms with Crippen LogP contribution in [0.3, 0.4) is 0 Å². The zero-order chi connectivity index (χ0) is 8.97. The first-order valence-corrected chi connectivity index (χ1v) is 4.38. The molecule has 0 aliphatic rings. The van der Waals surface area contributed by atoms with Crippen LogP contribution in [0.5, 0.6) is 0 Å². The molecule has 0 spiro atoms. The van der Waals surface area contributed by atoms with Gasteiger partial charge in [-0.25, -0.2) is 4.68 Å². The lowest BCUT2D eigenvalue weighted by Crippen LogP contribution is -2.04. The Hall–Kier alpha value is -0.900. The first-order chi connectivity index (χ1) is 5.79. The fourth-order valence-electron chi connectivity index (χ4n) is 1.11. The van der Waals surface area contributed by atoms with E-state index in [1.54, 1.807) is 0 Å². The summed E-state index contributed by atoms with van der Waals surface area (Å²) in [6.45, 7) is 5.61. The minimum absolute atomic E-state index is 0.484. The zero-order valence-electron chi connectivity index (χ0n) is 7.75. The van der Waals surface area contributed by atoms with E-state index in [1.807, 2.05) is 11.6 Å². The molecule has 1 aromatic heterocycles. The lowest BCUT2D eigenvalue weighted by molar-refractivity contribution is 0.542. The fourth-order valence-corrected chi connectivity index (χ4v) is 1.11. The fraction of sp³-hybridized carbons (Fsp3) is 0.750. The molecule has 0 aliphatic heterocycles. The smallest absolute Gasteiger partial charge is 0.0991 e. The van der Waals surface area contributed by atoms with Crippen molar-refractivity contribution in [1.29, 1.82) is 0 Å². The monoisotopic (exact) mass is 168 g/mol. The van der Waals surface area contributed by atoms with Crippen molar-refractivity contribution < 1.29 is 0 Å². The highest BCUT2D eigenvalue weighted by molar-refractivity contribution is 5.06. The summed E-state index contributed by atoms with van der Waals surface area (Å²) in [5.74, 6) is 0. The molecule has 0 aliphatic carbocycles. The van der Waals surface area contributed by atoms with Crippen LogP contribution in [0.1, 0.15) is 31.2 Å². The largest absolute Gasteiger partial charge is 0.325 e. The highest BCUT2D eigenvalue weighted by atomic mass is 15.4. The van der Waals surface area contributed by atoms with Gasteiger partial charge < -0.3 is 5.73 Å². The quantitative estimate of drug-likeness (QED) is 0.725. The Morgan fingerprint density at radius 2 is 2.25 bits per heavy atom. The summed E-state index contributed by atoms with van der Waals surface area (Å²) in [6.07, 6.45) is 2.32. The van der Waals surface area contributed by atoms with Crippen molar-refractivity contribution >= 4 is 0 Å². The molecule has 2 N–H and O–H groups in total. The minimum Gasteiger partial charge on any atom is -0.325 e. The molecule has 1 rings (SSSR count). The number of unbranched alkanes of at least 4 members (excludes halogenated alkanes) is 1. The van der Waals surface area contributed by atoms with Gasteiger partial charge in [0, 0.05) is 13.1 Å². The van der Waals surface area contributed by atoms with E-state index in [0.717, 1.165) is 24.4 Å². The second-order valence-corrected chi connectivity index (χ2v) is 2.90. The van der Waals surface area contributed by atoms with Crippen LogP contribution in [0.25, 0.3) is 0 Å². The number of nitrogens with two attached hydrogens (primary N) is 1. The van der Waals surface area contributed by atoms with Gasteiger partial charge in [-0.3, -0.25) is 0 Å². The Balaban J connectivity index is 2.66. The predicted octanol–water partition coefficient (Wildman–Crippen LogP) is 0.845. The molecule has 0 fully saturated rings. The second kappa shape index (κ2) is 4.21. The van der Waals surface area contributed by atoms with Crippen molar-refractivity contribution in [3.8, 4) is 0 Å². The average molecular weight is 168 g/mol. The first kappa shape index (κ1) is 9.19.